The van der Waals surface area contributed by atoms with E-state index < -0.39 is 0 Å². The molecule has 2 aliphatic rings. The fourth-order valence-electron chi connectivity index (χ4n) is 4.01. The molecule has 1 amide bonds. The predicted molar refractivity (Wildman–Crippen MR) is 137 cm³/mol. The molecular weight excluding hydrogens is 460 g/mol. The molecule has 36 heavy (non-hydrogen) atoms. The number of morpholine rings is 1. The van der Waals surface area contributed by atoms with Gasteiger partial charge in [-0.05, 0) is 42.8 Å². The Morgan fingerprint density at radius 2 is 1.83 bits per heavy atom. The van der Waals surface area contributed by atoms with E-state index in [1.807, 2.05) is 36.3 Å². The summed E-state index contributed by atoms with van der Waals surface area (Å²) in [6.45, 7) is 8.10. The smallest absolute Gasteiger partial charge is 0.337 e. The average molecular weight is 491 g/mol. The lowest BCUT2D eigenvalue weighted by Crippen LogP contribution is -2.45. The third kappa shape index (κ3) is 6.06. The van der Waals surface area contributed by atoms with Gasteiger partial charge in [0.15, 0.2) is 0 Å². The minimum atomic E-state index is -0.199. The first-order valence-electron chi connectivity index (χ1n) is 12.1. The number of nitrogens with one attached hydrogen (secondary N) is 3. The van der Waals surface area contributed by atoms with Crippen molar-refractivity contribution >= 4 is 28.9 Å². The summed E-state index contributed by atoms with van der Waals surface area (Å²) in [4.78, 5) is 34.0. The van der Waals surface area contributed by atoms with Gasteiger partial charge in [-0.25, -0.2) is 9.97 Å². The number of amides is 1. The summed E-state index contributed by atoms with van der Waals surface area (Å²) >= 11 is 0. The van der Waals surface area contributed by atoms with Crippen LogP contribution in [-0.4, -0.2) is 78.4 Å². The van der Waals surface area contributed by atoms with Crippen molar-refractivity contribution in [1.29, 1.82) is 0 Å². The van der Waals surface area contributed by atoms with Crippen molar-refractivity contribution in [2.24, 2.45) is 0 Å². The Morgan fingerprint density at radius 3 is 2.67 bits per heavy atom. The van der Waals surface area contributed by atoms with Crippen LogP contribution in [0.1, 0.15) is 15.9 Å². The zero-order chi connectivity index (χ0) is 24.7. The lowest BCUT2D eigenvalue weighted by molar-refractivity contribution is -0.0743. The van der Waals surface area contributed by atoms with E-state index in [1.165, 1.54) is 0 Å². The number of piperazine rings is 1. The Hall–Kier alpha value is -3.80. The van der Waals surface area contributed by atoms with Crippen molar-refractivity contribution in [1.82, 2.24) is 25.3 Å². The van der Waals surface area contributed by atoms with Crippen molar-refractivity contribution in [3.8, 4) is 6.01 Å². The number of hydrogen-bond donors (Lipinski definition) is 3. The third-order valence-electron chi connectivity index (χ3n) is 6.02. The van der Waals surface area contributed by atoms with Gasteiger partial charge in [-0.2, -0.15) is 4.98 Å². The van der Waals surface area contributed by atoms with Crippen LogP contribution in [0.15, 0.2) is 48.8 Å². The largest absolute Gasteiger partial charge is 0.378 e. The van der Waals surface area contributed by atoms with Crippen molar-refractivity contribution in [2.75, 3.05) is 68.0 Å². The van der Waals surface area contributed by atoms with E-state index in [-0.39, 0.29) is 11.9 Å². The number of carbonyl (C=O) groups is 1. The Balaban J connectivity index is 1.26. The average Bonchev–Trinajstić information content (AvgIpc) is 2.92. The van der Waals surface area contributed by atoms with Crippen LogP contribution in [0.4, 0.5) is 23.0 Å². The number of nitrogens with zero attached hydrogens (tertiary/aromatic N) is 5. The number of hydroxylamine groups is 2. The molecule has 0 unspecified atom stereocenters. The second-order valence-electron chi connectivity index (χ2n) is 8.61. The third-order valence-corrected chi connectivity index (χ3v) is 6.02. The summed E-state index contributed by atoms with van der Waals surface area (Å²) in [7, 11) is 0. The van der Waals surface area contributed by atoms with E-state index in [1.54, 1.807) is 24.5 Å². The molecule has 2 fully saturated rings. The molecule has 0 bridgehead atoms. The molecule has 0 spiro atoms. The zero-order valence-corrected chi connectivity index (χ0v) is 20.2. The van der Waals surface area contributed by atoms with Gasteiger partial charge in [0, 0.05) is 68.6 Å². The highest BCUT2D eigenvalue weighted by molar-refractivity contribution is 6.05. The maximum atomic E-state index is 13.0. The summed E-state index contributed by atoms with van der Waals surface area (Å²) in [6, 6.07) is 11.3. The summed E-state index contributed by atoms with van der Waals surface area (Å²) in [5.41, 5.74) is 3.05. The Labute approximate surface area is 209 Å². The van der Waals surface area contributed by atoms with Gasteiger partial charge < -0.3 is 30.4 Å². The topological polar surface area (TPSA) is 117 Å². The van der Waals surface area contributed by atoms with Crippen molar-refractivity contribution in [2.45, 2.75) is 6.92 Å². The molecule has 1 aromatic carbocycles. The molecule has 2 aromatic heterocycles. The molecule has 0 radical (unpaired) electrons. The molecule has 4 heterocycles. The van der Waals surface area contributed by atoms with Gasteiger partial charge >= 0.3 is 6.01 Å². The van der Waals surface area contributed by atoms with Crippen LogP contribution in [0.5, 0.6) is 6.01 Å². The van der Waals surface area contributed by atoms with Gasteiger partial charge in [0.1, 0.15) is 11.6 Å². The lowest BCUT2D eigenvalue weighted by atomic mass is 10.1. The van der Waals surface area contributed by atoms with Crippen LogP contribution in [0, 0.1) is 6.92 Å². The maximum Gasteiger partial charge on any atom is 0.337 e. The van der Waals surface area contributed by atoms with Crippen LogP contribution in [0.25, 0.3) is 0 Å². The summed E-state index contributed by atoms with van der Waals surface area (Å²) in [5.74, 6) is 1.18. The van der Waals surface area contributed by atoms with E-state index in [9.17, 15) is 4.79 Å². The summed E-state index contributed by atoms with van der Waals surface area (Å²) in [5, 5.41) is 11.4. The second kappa shape index (κ2) is 11.3. The number of aromatic nitrogens is 3. The Bertz CT molecular complexity index is 1200. The minimum Gasteiger partial charge on any atom is -0.378 e. The number of rotatable bonds is 7. The molecule has 3 aromatic rings. The van der Waals surface area contributed by atoms with Gasteiger partial charge in [-0.3, -0.25) is 4.79 Å². The van der Waals surface area contributed by atoms with E-state index in [2.05, 4.69) is 35.8 Å². The number of anilines is 4. The van der Waals surface area contributed by atoms with Crippen molar-refractivity contribution in [3.63, 3.8) is 0 Å². The molecule has 2 aliphatic heterocycles. The number of ether oxygens (including phenoxy) is 1. The molecule has 11 heteroatoms. The van der Waals surface area contributed by atoms with Crippen molar-refractivity contribution < 1.29 is 14.4 Å². The second-order valence-corrected chi connectivity index (χ2v) is 8.61. The van der Waals surface area contributed by atoms with E-state index in [4.69, 9.17) is 9.57 Å². The summed E-state index contributed by atoms with van der Waals surface area (Å²) < 4.78 is 5.41. The van der Waals surface area contributed by atoms with Gasteiger partial charge in [-0.1, -0.05) is 6.07 Å². The molecule has 3 N–H and O–H groups in total. The van der Waals surface area contributed by atoms with Crippen LogP contribution < -0.4 is 25.7 Å². The Kier molecular flexibility index (Phi) is 7.50. The van der Waals surface area contributed by atoms with Crippen LogP contribution >= 0.6 is 0 Å². The number of pyridine rings is 1. The van der Waals surface area contributed by atoms with E-state index >= 15 is 0 Å². The quantitative estimate of drug-likeness (QED) is 0.455. The highest BCUT2D eigenvalue weighted by Gasteiger charge is 2.16. The standard InChI is InChI=1S/C25H30N8O3/c1-18-2-3-20(29-24(34)19-4-6-27-23(16-19)32-12-14-35-15-13-32)17-21(18)30-22-5-7-28-25(31-22)36-33-10-8-26-9-11-33/h2-7,16-17,26H,8-15H2,1H3,(H,29,34)(H,28,30,31). The monoisotopic (exact) mass is 490 g/mol. The molecule has 11 nitrogen and oxygen atoms in total. The van der Waals surface area contributed by atoms with Crippen LogP contribution in [-0.2, 0) is 4.74 Å². The molecule has 2 saturated heterocycles. The first-order chi connectivity index (χ1) is 17.6. The highest BCUT2D eigenvalue weighted by Crippen LogP contribution is 2.25. The van der Waals surface area contributed by atoms with Crippen molar-refractivity contribution in [3.05, 3.63) is 59.9 Å². The van der Waals surface area contributed by atoms with Crippen LogP contribution in [0.3, 0.4) is 0 Å². The lowest BCUT2D eigenvalue weighted by Gasteiger charge is -2.27. The first kappa shape index (κ1) is 23.9. The van der Waals surface area contributed by atoms with Gasteiger partial charge in [0.2, 0.25) is 0 Å². The zero-order valence-electron chi connectivity index (χ0n) is 20.2. The summed E-state index contributed by atoms with van der Waals surface area (Å²) in [6.07, 6.45) is 3.32. The molecule has 5 rings (SSSR count). The molecule has 188 valence electrons. The fourth-order valence-corrected chi connectivity index (χ4v) is 4.01. The van der Waals surface area contributed by atoms with Gasteiger partial charge in [0.05, 0.1) is 13.2 Å². The molecular formula is C25H30N8O3. The molecule has 0 saturated carbocycles. The maximum absolute atomic E-state index is 13.0. The normalized spacial score (nSPS) is 16.4. The molecule has 0 atom stereocenters. The highest BCUT2D eigenvalue weighted by atomic mass is 16.7. The number of hydrogen-bond acceptors (Lipinski definition) is 10. The van der Waals surface area contributed by atoms with Gasteiger partial charge in [-0.15, -0.1) is 5.06 Å². The Morgan fingerprint density at radius 1 is 1.03 bits per heavy atom. The van der Waals surface area contributed by atoms with E-state index in [0.717, 1.165) is 56.3 Å². The fraction of sp³-hybridized carbons (Fsp3) is 0.360. The van der Waals surface area contributed by atoms with Gasteiger partial charge in [0.25, 0.3) is 5.91 Å². The minimum absolute atomic E-state index is 0.199. The first-order valence-corrected chi connectivity index (χ1v) is 12.1. The number of aryl methyl sites for hydroxylation is 1. The number of benzene rings is 1. The SMILES string of the molecule is Cc1ccc(NC(=O)c2ccnc(N3CCOCC3)c2)cc1Nc1ccnc(ON2CCNCC2)n1. The number of carbonyl (C=O) groups excluding carboxylic acids is 1. The predicted octanol–water partition coefficient (Wildman–Crippen LogP) is 2.21. The van der Waals surface area contributed by atoms with Crippen LogP contribution in [0.2, 0.25) is 0 Å². The molecule has 0 aliphatic carbocycles. The van der Waals surface area contributed by atoms with E-state index in [0.29, 0.717) is 30.3 Å².